The minimum atomic E-state index is 0.467. The van der Waals surface area contributed by atoms with E-state index in [2.05, 4.69) is 54.6 Å². The standard InChI is InChI=1S/C13H9S/c1-3-7-12-10(5-1)9-11-6-2-4-8-13(11)14-12/h1-8,12H. The van der Waals surface area contributed by atoms with Gasteiger partial charge in [0.25, 0.3) is 0 Å². The number of hydrogen-bond acceptors (Lipinski definition) is 1. The van der Waals surface area contributed by atoms with Crippen molar-refractivity contribution in [1.82, 2.24) is 0 Å². The van der Waals surface area contributed by atoms with Crippen LogP contribution in [0, 0.1) is 6.08 Å². The van der Waals surface area contributed by atoms with Gasteiger partial charge in [0, 0.05) is 4.90 Å². The zero-order valence-corrected chi connectivity index (χ0v) is 8.42. The fraction of sp³-hybridized carbons (Fsp3) is 0.0769. The third-order valence-corrected chi connectivity index (χ3v) is 3.67. The smallest absolute Gasteiger partial charge is 0.0534 e. The highest BCUT2D eigenvalue weighted by molar-refractivity contribution is 8.00. The molecular formula is C13H9S. The molecule has 3 rings (SSSR count). The lowest BCUT2D eigenvalue weighted by atomic mass is 10.0. The normalized spacial score (nSPS) is 22.6. The summed E-state index contributed by atoms with van der Waals surface area (Å²) in [5, 5.41) is 0.467. The second-order valence-corrected chi connectivity index (χ2v) is 4.54. The Morgan fingerprint density at radius 3 is 3.07 bits per heavy atom. The van der Waals surface area contributed by atoms with Crippen molar-refractivity contribution in [3.63, 3.8) is 0 Å². The monoisotopic (exact) mass is 197 g/mol. The number of allylic oxidation sites excluding steroid dienone is 3. The summed E-state index contributed by atoms with van der Waals surface area (Å²) in [7, 11) is 0. The molecule has 1 unspecified atom stereocenters. The Morgan fingerprint density at radius 1 is 1.14 bits per heavy atom. The molecule has 0 saturated carbocycles. The van der Waals surface area contributed by atoms with Crippen LogP contribution in [0.4, 0.5) is 0 Å². The highest BCUT2D eigenvalue weighted by Gasteiger charge is 2.19. The van der Waals surface area contributed by atoms with Crippen molar-refractivity contribution in [2.75, 3.05) is 0 Å². The van der Waals surface area contributed by atoms with Gasteiger partial charge in [-0.3, -0.25) is 0 Å². The molecule has 0 aromatic heterocycles. The molecule has 1 aliphatic heterocycles. The van der Waals surface area contributed by atoms with Gasteiger partial charge in [-0.1, -0.05) is 42.5 Å². The molecule has 1 atom stereocenters. The fourth-order valence-corrected chi connectivity index (χ4v) is 2.81. The fourth-order valence-electron chi connectivity index (χ4n) is 1.70. The van der Waals surface area contributed by atoms with Gasteiger partial charge in [0.1, 0.15) is 0 Å². The van der Waals surface area contributed by atoms with E-state index in [1.807, 2.05) is 11.8 Å². The molecule has 2 aliphatic rings. The van der Waals surface area contributed by atoms with Gasteiger partial charge in [0.15, 0.2) is 0 Å². The quantitative estimate of drug-likeness (QED) is 0.614. The van der Waals surface area contributed by atoms with E-state index in [4.69, 9.17) is 0 Å². The second-order valence-electron chi connectivity index (χ2n) is 3.36. The van der Waals surface area contributed by atoms with E-state index >= 15 is 0 Å². The Labute approximate surface area is 88.0 Å². The topological polar surface area (TPSA) is 0 Å². The van der Waals surface area contributed by atoms with Gasteiger partial charge in [0.05, 0.1) is 5.25 Å². The zero-order chi connectivity index (χ0) is 9.38. The number of fused-ring (bicyclic) bond motifs is 2. The van der Waals surface area contributed by atoms with E-state index in [0.29, 0.717) is 5.25 Å². The minimum Gasteiger partial charge on any atom is -0.113 e. The first-order valence-electron chi connectivity index (χ1n) is 4.68. The van der Waals surface area contributed by atoms with E-state index in [9.17, 15) is 0 Å². The maximum Gasteiger partial charge on any atom is 0.0534 e. The van der Waals surface area contributed by atoms with Crippen molar-refractivity contribution in [2.24, 2.45) is 0 Å². The lowest BCUT2D eigenvalue weighted by Gasteiger charge is -2.22. The first-order valence-corrected chi connectivity index (χ1v) is 5.56. The third kappa shape index (κ3) is 1.25. The van der Waals surface area contributed by atoms with Crippen LogP contribution in [0.25, 0.3) is 0 Å². The first kappa shape index (κ1) is 8.13. The van der Waals surface area contributed by atoms with Crippen LogP contribution in [0.1, 0.15) is 5.56 Å². The Kier molecular flexibility index (Phi) is 1.84. The Bertz CT molecular complexity index is 452. The lowest BCUT2D eigenvalue weighted by Crippen LogP contribution is -2.08. The predicted octanol–water partition coefficient (Wildman–Crippen LogP) is 3.36. The Morgan fingerprint density at radius 2 is 2.07 bits per heavy atom. The summed E-state index contributed by atoms with van der Waals surface area (Å²) in [6.07, 6.45) is 12.0. The number of rotatable bonds is 0. The van der Waals surface area contributed by atoms with Gasteiger partial charge in [-0.05, 0) is 23.3 Å². The van der Waals surface area contributed by atoms with Crippen LogP contribution >= 0.6 is 11.8 Å². The highest BCUT2D eigenvalue weighted by atomic mass is 32.2. The minimum absolute atomic E-state index is 0.467. The summed E-state index contributed by atoms with van der Waals surface area (Å²) in [4.78, 5) is 1.33. The van der Waals surface area contributed by atoms with Crippen molar-refractivity contribution in [3.05, 3.63) is 65.8 Å². The van der Waals surface area contributed by atoms with Crippen molar-refractivity contribution >= 4 is 11.8 Å². The van der Waals surface area contributed by atoms with E-state index in [0.717, 1.165) is 0 Å². The van der Waals surface area contributed by atoms with Crippen molar-refractivity contribution < 1.29 is 0 Å². The average Bonchev–Trinajstić information content (AvgIpc) is 2.26. The van der Waals surface area contributed by atoms with Crippen LogP contribution < -0.4 is 0 Å². The lowest BCUT2D eigenvalue weighted by molar-refractivity contribution is 1.19. The average molecular weight is 197 g/mol. The molecule has 67 valence electrons. The largest absolute Gasteiger partial charge is 0.113 e. The molecule has 0 spiro atoms. The highest BCUT2D eigenvalue weighted by Crippen LogP contribution is 2.38. The summed E-state index contributed by atoms with van der Waals surface area (Å²) in [5.41, 5.74) is 2.51. The van der Waals surface area contributed by atoms with Gasteiger partial charge in [0.2, 0.25) is 0 Å². The number of benzene rings is 1. The van der Waals surface area contributed by atoms with E-state index in [-0.39, 0.29) is 0 Å². The summed E-state index contributed by atoms with van der Waals surface area (Å²) < 4.78 is 0. The number of hydrogen-bond donors (Lipinski definition) is 0. The van der Waals surface area contributed by atoms with Crippen LogP contribution in [0.2, 0.25) is 0 Å². The van der Waals surface area contributed by atoms with Crippen molar-refractivity contribution in [1.29, 1.82) is 0 Å². The van der Waals surface area contributed by atoms with Gasteiger partial charge < -0.3 is 0 Å². The first-order chi connectivity index (χ1) is 6.93. The van der Waals surface area contributed by atoms with Gasteiger partial charge in [-0.15, -0.1) is 11.8 Å². The van der Waals surface area contributed by atoms with Crippen LogP contribution in [0.3, 0.4) is 0 Å². The van der Waals surface area contributed by atoms with Gasteiger partial charge in [-0.25, -0.2) is 0 Å². The molecule has 0 amide bonds. The van der Waals surface area contributed by atoms with Crippen LogP contribution in [0.15, 0.2) is 59.0 Å². The summed E-state index contributed by atoms with van der Waals surface area (Å²) in [6.45, 7) is 0. The molecule has 1 aliphatic carbocycles. The SMILES string of the molecule is [C]1=C2C=CC=CC2Sc2ccccc21. The summed E-state index contributed by atoms with van der Waals surface area (Å²) >= 11 is 1.90. The molecule has 1 radical (unpaired) electrons. The molecule has 1 aromatic rings. The molecule has 0 bridgehead atoms. The summed E-state index contributed by atoms with van der Waals surface area (Å²) in [5.74, 6) is 0. The molecule has 0 fully saturated rings. The number of thioether (sulfide) groups is 1. The van der Waals surface area contributed by atoms with Crippen molar-refractivity contribution in [3.8, 4) is 0 Å². The molecule has 0 N–H and O–H groups in total. The molecule has 0 saturated heterocycles. The maximum absolute atomic E-state index is 3.46. The predicted molar refractivity (Wildman–Crippen MR) is 60.2 cm³/mol. The zero-order valence-electron chi connectivity index (χ0n) is 7.60. The molecule has 1 heterocycles. The van der Waals surface area contributed by atoms with Crippen LogP contribution in [-0.2, 0) is 0 Å². The Balaban J connectivity index is 2.13. The van der Waals surface area contributed by atoms with Crippen molar-refractivity contribution in [2.45, 2.75) is 10.1 Å². The molecular weight excluding hydrogens is 188 g/mol. The molecule has 14 heavy (non-hydrogen) atoms. The molecule has 1 aromatic carbocycles. The van der Waals surface area contributed by atoms with Crippen LogP contribution in [0.5, 0.6) is 0 Å². The Hall–Kier alpha value is -1.21. The van der Waals surface area contributed by atoms with E-state index in [1.165, 1.54) is 16.0 Å². The molecule has 1 heteroatoms. The molecule has 0 nitrogen and oxygen atoms in total. The van der Waals surface area contributed by atoms with Gasteiger partial charge >= 0.3 is 0 Å². The third-order valence-electron chi connectivity index (χ3n) is 2.40. The summed E-state index contributed by atoms with van der Waals surface area (Å²) in [6, 6.07) is 8.43. The second kappa shape index (κ2) is 3.18. The maximum atomic E-state index is 3.46. The van der Waals surface area contributed by atoms with E-state index in [1.54, 1.807) is 0 Å². The van der Waals surface area contributed by atoms with Gasteiger partial charge in [-0.2, -0.15) is 0 Å². The van der Waals surface area contributed by atoms with Crippen LogP contribution in [-0.4, -0.2) is 5.25 Å². The van der Waals surface area contributed by atoms with E-state index < -0.39 is 0 Å².